The molecule has 100 valence electrons. The van der Waals surface area contributed by atoms with E-state index in [1.165, 1.54) is 0 Å². The zero-order valence-electron chi connectivity index (χ0n) is 10.9. The van der Waals surface area contributed by atoms with Crippen LogP contribution in [0, 0.1) is 6.92 Å². The molecule has 2 aromatic rings. The van der Waals surface area contributed by atoms with Crippen LogP contribution in [0.4, 0.5) is 0 Å². The van der Waals surface area contributed by atoms with Gasteiger partial charge < -0.3 is 10.0 Å². The maximum atomic E-state index is 12.6. The zero-order chi connectivity index (χ0) is 13.4. The maximum absolute atomic E-state index is 12.6. The molecule has 3 rings (SSSR count). The molecule has 2 aromatic heterocycles. The Bertz CT molecular complexity index is 612. The molecule has 1 aliphatic rings. The first-order chi connectivity index (χ1) is 9.16. The minimum atomic E-state index is -0.271. The molecule has 5 heteroatoms. The average Bonchev–Trinajstić information content (AvgIpc) is 2.74. The molecular formula is C14H17N3O2. The fourth-order valence-corrected chi connectivity index (χ4v) is 2.59. The summed E-state index contributed by atoms with van der Waals surface area (Å²) in [5, 5.41) is 9.51. The number of aromatic nitrogens is 2. The summed E-state index contributed by atoms with van der Waals surface area (Å²) in [6, 6.07) is 5.70. The van der Waals surface area contributed by atoms with Crippen molar-refractivity contribution in [3.8, 4) is 0 Å². The predicted octanol–water partition coefficient (Wildman–Crippen LogP) is 1.24. The van der Waals surface area contributed by atoms with Crippen molar-refractivity contribution in [1.29, 1.82) is 0 Å². The van der Waals surface area contributed by atoms with Gasteiger partial charge in [-0.3, -0.25) is 9.20 Å². The molecule has 0 bridgehead atoms. The Labute approximate surface area is 111 Å². The maximum Gasteiger partial charge on any atom is 0.272 e. The van der Waals surface area contributed by atoms with Gasteiger partial charge in [-0.05, 0) is 31.9 Å². The fourth-order valence-electron chi connectivity index (χ4n) is 2.59. The number of aliphatic hydroxyl groups excluding tert-OH is 1. The summed E-state index contributed by atoms with van der Waals surface area (Å²) in [6.07, 6.45) is 2.90. The van der Waals surface area contributed by atoms with Gasteiger partial charge in [0, 0.05) is 19.3 Å². The third-order valence-corrected chi connectivity index (χ3v) is 3.66. The SMILES string of the molecule is Cc1nc2ccccn2c1C(=O)N1CCC(O)CC1. The molecule has 0 atom stereocenters. The molecule has 19 heavy (non-hydrogen) atoms. The number of carbonyl (C=O) groups is 1. The average molecular weight is 259 g/mol. The molecule has 0 aromatic carbocycles. The van der Waals surface area contributed by atoms with E-state index in [1.807, 2.05) is 35.7 Å². The lowest BCUT2D eigenvalue weighted by molar-refractivity contribution is 0.0540. The van der Waals surface area contributed by atoms with Gasteiger partial charge in [0.25, 0.3) is 5.91 Å². The number of amides is 1. The molecule has 0 unspecified atom stereocenters. The zero-order valence-corrected chi connectivity index (χ0v) is 10.9. The first-order valence-corrected chi connectivity index (χ1v) is 6.58. The number of aliphatic hydroxyl groups is 1. The smallest absolute Gasteiger partial charge is 0.272 e. The van der Waals surface area contributed by atoms with Gasteiger partial charge in [0.1, 0.15) is 11.3 Å². The van der Waals surface area contributed by atoms with Crippen LogP contribution in [0.3, 0.4) is 0 Å². The van der Waals surface area contributed by atoms with E-state index in [0.717, 1.165) is 11.3 Å². The number of carbonyl (C=O) groups excluding carboxylic acids is 1. The number of hydrogen-bond donors (Lipinski definition) is 1. The summed E-state index contributed by atoms with van der Waals surface area (Å²) < 4.78 is 1.84. The highest BCUT2D eigenvalue weighted by molar-refractivity contribution is 5.94. The van der Waals surface area contributed by atoms with Crippen LogP contribution in [0.5, 0.6) is 0 Å². The summed E-state index contributed by atoms with van der Waals surface area (Å²) >= 11 is 0. The molecule has 1 N–H and O–H groups in total. The topological polar surface area (TPSA) is 57.8 Å². The largest absolute Gasteiger partial charge is 0.393 e. The summed E-state index contributed by atoms with van der Waals surface area (Å²) in [6.45, 7) is 3.08. The van der Waals surface area contributed by atoms with Gasteiger partial charge in [-0.1, -0.05) is 6.07 Å². The van der Waals surface area contributed by atoms with Gasteiger partial charge in [-0.25, -0.2) is 4.98 Å². The minimum absolute atomic E-state index is 0.00287. The molecule has 1 amide bonds. The van der Waals surface area contributed by atoms with Crippen LogP contribution in [0.1, 0.15) is 29.0 Å². The number of imidazole rings is 1. The monoisotopic (exact) mass is 259 g/mol. The van der Waals surface area contributed by atoms with Crippen molar-refractivity contribution in [1.82, 2.24) is 14.3 Å². The van der Waals surface area contributed by atoms with E-state index in [9.17, 15) is 9.90 Å². The number of piperidine rings is 1. The first kappa shape index (κ1) is 12.2. The van der Waals surface area contributed by atoms with Gasteiger partial charge in [0.05, 0.1) is 11.8 Å². The van der Waals surface area contributed by atoms with Crippen molar-refractivity contribution in [2.75, 3.05) is 13.1 Å². The van der Waals surface area contributed by atoms with Crippen LogP contribution in [0.2, 0.25) is 0 Å². The van der Waals surface area contributed by atoms with Gasteiger partial charge in [0.2, 0.25) is 0 Å². The standard InChI is InChI=1S/C14H17N3O2/c1-10-13(17-7-3-2-4-12(17)15-10)14(19)16-8-5-11(18)6-9-16/h2-4,7,11,18H,5-6,8-9H2,1H3. The molecule has 0 saturated carbocycles. The van der Waals surface area contributed by atoms with Crippen molar-refractivity contribution in [3.05, 3.63) is 35.8 Å². The number of fused-ring (bicyclic) bond motifs is 1. The van der Waals surface area contributed by atoms with E-state index >= 15 is 0 Å². The summed E-state index contributed by atoms with van der Waals surface area (Å²) in [5.41, 5.74) is 2.18. The fraction of sp³-hybridized carbons (Fsp3) is 0.429. The van der Waals surface area contributed by atoms with Gasteiger partial charge >= 0.3 is 0 Å². The van der Waals surface area contributed by atoms with Crippen molar-refractivity contribution in [2.24, 2.45) is 0 Å². The number of pyridine rings is 1. The van der Waals surface area contributed by atoms with Crippen LogP contribution in [-0.4, -0.2) is 44.5 Å². The number of nitrogens with zero attached hydrogens (tertiary/aromatic N) is 3. The predicted molar refractivity (Wildman–Crippen MR) is 71.1 cm³/mol. The molecule has 1 saturated heterocycles. The van der Waals surface area contributed by atoms with E-state index in [2.05, 4.69) is 4.98 Å². The molecule has 3 heterocycles. The highest BCUT2D eigenvalue weighted by Crippen LogP contribution is 2.17. The normalized spacial score (nSPS) is 17.1. The molecule has 1 aliphatic heterocycles. The highest BCUT2D eigenvalue weighted by atomic mass is 16.3. The van der Waals surface area contributed by atoms with Crippen molar-refractivity contribution >= 4 is 11.6 Å². The second-order valence-electron chi connectivity index (χ2n) is 5.00. The van der Waals surface area contributed by atoms with Crippen LogP contribution in [0.15, 0.2) is 24.4 Å². The minimum Gasteiger partial charge on any atom is -0.393 e. The van der Waals surface area contributed by atoms with Crippen molar-refractivity contribution in [2.45, 2.75) is 25.9 Å². The number of hydrogen-bond acceptors (Lipinski definition) is 3. The van der Waals surface area contributed by atoms with Crippen molar-refractivity contribution in [3.63, 3.8) is 0 Å². The molecule has 0 aliphatic carbocycles. The number of aryl methyl sites for hydroxylation is 1. The van der Waals surface area contributed by atoms with Crippen LogP contribution in [-0.2, 0) is 0 Å². The van der Waals surface area contributed by atoms with E-state index in [1.54, 1.807) is 4.90 Å². The Morgan fingerprint density at radius 1 is 1.37 bits per heavy atom. The summed E-state index contributed by atoms with van der Waals surface area (Å²) in [7, 11) is 0. The third kappa shape index (κ3) is 2.10. The van der Waals surface area contributed by atoms with Crippen molar-refractivity contribution < 1.29 is 9.90 Å². The molecule has 1 fully saturated rings. The van der Waals surface area contributed by atoms with Crippen LogP contribution >= 0.6 is 0 Å². The van der Waals surface area contributed by atoms with E-state index < -0.39 is 0 Å². The molecule has 0 radical (unpaired) electrons. The van der Waals surface area contributed by atoms with Crippen LogP contribution < -0.4 is 0 Å². The lowest BCUT2D eigenvalue weighted by Gasteiger charge is -2.29. The Morgan fingerprint density at radius 3 is 2.84 bits per heavy atom. The Morgan fingerprint density at radius 2 is 2.11 bits per heavy atom. The van der Waals surface area contributed by atoms with Gasteiger partial charge in [-0.15, -0.1) is 0 Å². The molecular weight excluding hydrogens is 242 g/mol. The Kier molecular flexibility index (Phi) is 2.98. The Hall–Kier alpha value is -1.88. The Balaban J connectivity index is 1.95. The second kappa shape index (κ2) is 4.66. The quantitative estimate of drug-likeness (QED) is 0.838. The van der Waals surface area contributed by atoms with Gasteiger partial charge in [0.15, 0.2) is 0 Å². The van der Waals surface area contributed by atoms with E-state index in [4.69, 9.17) is 0 Å². The summed E-state index contributed by atoms with van der Waals surface area (Å²) in [5.74, 6) is 0.00287. The van der Waals surface area contributed by atoms with E-state index in [-0.39, 0.29) is 12.0 Å². The first-order valence-electron chi connectivity index (χ1n) is 6.58. The van der Waals surface area contributed by atoms with E-state index in [0.29, 0.717) is 31.6 Å². The highest BCUT2D eigenvalue weighted by Gasteiger charge is 2.26. The summed E-state index contributed by atoms with van der Waals surface area (Å²) in [4.78, 5) is 18.8. The lowest BCUT2D eigenvalue weighted by atomic mass is 10.1. The number of rotatable bonds is 1. The second-order valence-corrected chi connectivity index (χ2v) is 5.00. The number of likely N-dealkylation sites (tertiary alicyclic amines) is 1. The van der Waals surface area contributed by atoms with Gasteiger partial charge in [-0.2, -0.15) is 0 Å². The van der Waals surface area contributed by atoms with Crippen LogP contribution in [0.25, 0.3) is 5.65 Å². The molecule has 5 nitrogen and oxygen atoms in total. The lowest BCUT2D eigenvalue weighted by Crippen LogP contribution is -2.40. The third-order valence-electron chi connectivity index (χ3n) is 3.66. The molecule has 0 spiro atoms.